The second-order valence-electron chi connectivity index (χ2n) is 6.61. The van der Waals surface area contributed by atoms with Gasteiger partial charge in [0.2, 0.25) is 0 Å². The van der Waals surface area contributed by atoms with Crippen LogP contribution in [0, 0.1) is 0 Å². The summed E-state index contributed by atoms with van der Waals surface area (Å²) in [6.45, 7) is 7.51. The lowest BCUT2D eigenvalue weighted by molar-refractivity contribution is 0.0902. The molecular formula is C18H27Cl2N3O2. The molecule has 140 valence electrons. The van der Waals surface area contributed by atoms with Gasteiger partial charge in [0, 0.05) is 44.5 Å². The zero-order valence-corrected chi connectivity index (χ0v) is 16.6. The van der Waals surface area contributed by atoms with Crippen LogP contribution in [-0.4, -0.2) is 61.3 Å². The standard InChI is InChI=1S/C18H27Cl2N3O2/c1-13(2)22-8-6-15(7-9-22)23(10-11-25-3)18(24)21-14-4-5-16(19)17(20)12-14/h4-5,12-13,15H,6-11H2,1-3H3,(H,21,24). The van der Waals surface area contributed by atoms with Gasteiger partial charge in [-0.25, -0.2) is 4.79 Å². The summed E-state index contributed by atoms with van der Waals surface area (Å²) >= 11 is 12.0. The molecule has 2 amide bonds. The molecule has 0 unspecified atom stereocenters. The van der Waals surface area contributed by atoms with E-state index in [1.54, 1.807) is 25.3 Å². The van der Waals surface area contributed by atoms with E-state index >= 15 is 0 Å². The maximum atomic E-state index is 12.8. The van der Waals surface area contributed by atoms with Gasteiger partial charge < -0.3 is 19.9 Å². The number of benzene rings is 1. The number of ether oxygens (including phenoxy) is 1. The third kappa shape index (κ3) is 5.74. The van der Waals surface area contributed by atoms with E-state index in [1.165, 1.54) is 0 Å². The van der Waals surface area contributed by atoms with Crippen LogP contribution in [0.3, 0.4) is 0 Å². The average molecular weight is 388 g/mol. The van der Waals surface area contributed by atoms with Crippen LogP contribution in [0.4, 0.5) is 10.5 Å². The monoisotopic (exact) mass is 387 g/mol. The molecule has 1 heterocycles. The van der Waals surface area contributed by atoms with Crippen LogP contribution >= 0.6 is 23.2 Å². The van der Waals surface area contributed by atoms with Crippen LogP contribution < -0.4 is 5.32 Å². The van der Waals surface area contributed by atoms with Gasteiger partial charge in [-0.15, -0.1) is 0 Å². The molecule has 0 saturated carbocycles. The van der Waals surface area contributed by atoms with E-state index in [0.29, 0.717) is 34.9 Å². The zero-order chi connectivity index (χ0) is 18.4. The van der Waals surface area contributed by atoms with E-state index in [2.05, 4.69) is 24.1 Å². The number of nitrogens with one attached hydrogen (secondary N) is 1. The second kappa shape index (κ2) is 9.62. The number of halogens is 2. The Bertz CT molecular complexity index is 575. The molecule has 1 fully saturated rings. The minimum Gasteiger partial charge on any atom is -0.383 e. The van der Waals surface area contributed by atoms with E-state index in [1.807, 2.05) is 4.90 Å². The summed E-state index contributed by atoms with van der Waals surface area (Å²) in [4.78, 5) is 17.1. The van der Waals surface area contributed by atoms with Crippen LogP contribution in [0.1, 0.15) is 26.7 Å². The number of urea groups is 1. The first-order chi connectivity index (χ1) is 11.9. The molecule has 1 aliphatic heterocycles. The molecule has 0 atom stereocenters. The van der Waals surface area contributed by atoms with Gasteiger partial charge in [0.1, 0.15) is 0 Å². The number of nitrogens with zero attached hydrogens (tertiary/aromatic N) is 2. The van der Waals surface area contributed by atoms with Crippen LogP contribution in [-0.2, 0) is 4.74 Å². The Morgan fingerprint density at radius 1 is 1.32 bits per heavy atom. The molecule has 1 aliphatic rings. The third-order valence-corrected chi connectivity index (χ3v) is 5.38. The van der Waals surface area contributed by atoms with E-state index in [9.17, 15) is 4.79 Å². The fraction of sp³-hybridized carbons (Fsp3) is 0.611. The van der Waals surface area contributed by atoms with Gasteiger partial charge in [-0.2, -0.15) is 0 Å². The lowest BCUT2D eigenvalue weighted by atomic mass is 10.0. The first kappa shape index (κ1) is 20.3. The minimum absolute atomic E-state index is 0.126. The number of rotatable bonds is 6. The Hall–Kier alpha value is -1.01. The molecule has 0 aliphatic carbocycles. The van der Waals surface area contributed by atoms with Crippen LogP contribution in [0.5, 0.6) is 0 Å². The SMILES string of the molecule is COCCN(C(=O)Nc1ccc(Cl)c(Cl)c1)C1CCN(C(C)C)CC1. The number of piperidine rings is 1. The van der Waals surface area contributed by atoms with Crippen molar-refractivity contribution in [3.8, 4) is 0 Å². The highest BCUT2D eigenvalue weighted by Crippen LogP contribution is 2.26. The van der Waals surface area contributed by atoms with Gasteiger partial charge in [-0.3, -0.25) is 0 Å². The largest absolute Gasteiger partial charge is 0.383 e. The Kier molecular flexibility index (Phi) is 7.81. The van der Waals surface area contributed by atoms with Crippen LogP contribution in [0.15, 0.2) is 18.2 Å². The highest BCUT2D eigenvalue weighted by atomic mass is 35.5. The fourth-order valence-corrected chi connectivity index (χ4v) is 3.42. The topological polar surface area (TPSA) is 44.8 Å². The maximum absolute atomic E-state index is 12.8. The Balaban J connectivity index is 2.03. The number of carbonyl (C=O) groups excluding carboxylic acids is 1. The number of amides is 2. The molecule has 7 heteroatoms. The van der Waals surface area contributed by atoms with Crippen molar-refractivity contribution >= 4 is 34.9 Å². The molecule has 5 nitrogen and oxygen atoms in total. The Labute approximate surface area is 160 Å². The summed E-state index contributed by atoms with van der Waals surface area (Å²) in [7, 11) is 1.65. The highest BCUT2D eigenvalue weighted by molar-refractivity contribution is 6.42. The fourth-order valence-electron chi connectivity index (χ4n) is 3.12. The Morgan fingerprint density at radius 3 is 2.56 bits per heavy atom. The van der Waals surface area contributed by atoms with Gasteiger partial charge in [-0.05, 0) is 44.9 Å². The molecule has 2 rings (SSSR count). The molecule has 1 N–H and O–H groups in total. The highest BCUT2D eigenvalue weighted by Gasteiger charge is 2.28. The number of anilines is 1. The number of likely N-dealkylation sites (tertiary alicyclic amines) is 1. The third-order valence-electron chi connectivity index (χ3n) is 4.64. The van der Waals surface area contributed by atoms with E-state index < -0.39 is 0 Å². The lowest BCUT2D eigenvalue weighted by Crippen LogP contribution is -2.51. The van der Waals surface area contributed by atoms with Crippen LogP contribution in [0.25, 0.3) is 0 Å². The number of methoxy groups -OCH3 is 1. The van der Waals surface area contributed by atoms with Gasteiger partial charge in [0.05, 0.1) is 16.7 Å². The van der Waals surface area contributed by atoms with Gasteiger partial charge >= 0.3 is 6.03 Å². The normalized spacial score (nSPS) is 16.2. The molecular weight excluding hydrogens is 361 g/mol. The van der Waals surface area contributed by atoms with Crippen molar-refractivity contribution in [2.24, 2.45) is 0 Å². The molecule has 1 aromatic rings. The first-order valence-electron chi connectivity index (χ1n) is 8.68. The summed E-state index contributed by atoms with van der Waals surface area (Å²) in [6.07, 6.45) is 1.94. The maximum Gasteiger partial charge on any atom is 0.322 e. The number of hydrogen-bond donors (Lipinski definition) is 1. The summed E-state index contributed by atoms with van der Waals surface area (Å²) in [5.41, 5.74) is 0.640. The zero-order valence-electron chi connectivity index (χ0n) is 15.1. The molecule has 1 aromatic carbocycles. The second-order valence-corrected chi connectivity index (χ2v) is 7.42. The summed E-state index contributed by atoms with van der Waals surface area (Å²) in [5, 5.41) is 3.82. The summed E-state index contributed by atoms with van der Waals surface area (Å²) in [5.74, 6) is 0. The Morgan fingerprint density at radius 2 is 2.00 bits per heavy atom. The quantitative estimate of drug-likeness (QED) is 0.788. The van der Waals surface area contributed by atoms with E-state index in [4.69, 9.17) is 27.9 Å². The van der Waals surface area contributed by atoms with Crippen molar-refractivity contribution in [1.82, 2.24) is 9.80 Å². The smallest absolute Gasteiger partial charge is 0.322 e. The number of hydrogen-bond acceptors (Lipinski definition) is 3. The molecule has 25 heavy (non-hydrogen) atoms. The summed E-state index contributed by atoms with van der Waals surface area (Å²) < 4.78 is 5.19. The van der Waals surface area contributed by atoms with Crippen molar-refractivity contribution in [1.29, 1.82) is 0 Å². The van der Waals surface area contributed by atoms with E-state index in [-0.39, 0.29) is 12.1 Å². The van der Waals surface area contributed by atoms with Gasteiger partial charge in [-0.1, -0.05) is 23.2 Å². The predicted octanol–water partition coefficient (Wildman–Crippen LogP) is 4.35. The van der Waals surface area contributed by atoms with Crippen molar-refractivity contribution in [2.75, 3.05) is 38.7 Å². The average Bonchev–Trinajstić information content (AvgIpc) is 2.59. The van der Waals surface area contributed by atoms with Gasteiger partial charge in [0.25, 0.3) is 0 Å². The van der Waals surface area contributed by atoms with Crippen molar-refractivity contribution in [2.45, 2.75) is 38.8 Å². The number of carbonyl (C=O) groups is 1. The van der Waals surface area contributed by atoms with Crippen LogP contribution in [0.2, 0.25) is 10.0 Å². The molecule has 1 saturated heterocycles. The lowest BCUT2D eigenvalue weighted by Gasteiger charge is -2.40. The minimum atomic E-state index is -0.126. The molecule has 0 radical (unpaired) electrons. The molecule has 0 bridgehead atoms. The molecule has 0 spiro atoms. The summed E-state index contributed by atoms with van der Waals surface area (Å²) in [6, 6.07) is 5.73. The van der Waals surface area contributed by atoms with Gasteiger partial charge in [0.15, 0.2) is 0 Å². The van der Waals surface area contributed by atoms with E-state index in [0.717, 1.165) is 25.9 Å². The predicted molar refractivity (Wildman–Crippen MR) is 104 cm³/mol. The molecule has 0 aromatic heterocycles. The van der Waals surface area contributed by atoms with Crippen molar-refractivity contribution in [3.63, 3.8) is 0 Å². The van der Waals surface area contributed by atoms with Crippen molar-refractivity contribution < 1.29 is 9.53 Å². The first-order valence-corrected chi connectivity index (χ1v) is 9.43. The van der Waals surface area contributed by atoms with Crippen molar-refractivity contribution in [3.05, 3.63) is 28.2 Å².